The van der Waals surface area contributed by atoms with Crippen LogP contribution in [0.1, 0.15) is 42.4 Å². The fourth-order valence-corrected chi connectivity index (χ4v) is 2.54. The summed E-state index contributed by atoms with van der Waals surface area (Å²) >= 11 is 0. The third-order valence-corrected chi connectivity index (χ3v) is 4.20. The highest BCUT2D eigenvalue weighted by Gasteiger charge is 2.08. The quantitative estimate of drug-likeness (QED) is 0.667. The molecule has 0 atom stereocenters. The maximum atomic E-state index is 9.93. The first-order valence-corrected chi connectivity index (χ1v) is 8.07. The fraction of sp³-hybridized carbons (Fsp3) is 0.611. The van der Waals surface area contributed by atoms with Gasteiger partial charge in [0.2, 0.25) is 6.41 Å². The molecule has 1 saturated heterocycles. The van der Waals surface area contributed by atoms with Gasteiger partial charge in [0.05, 0.1) is 0 Å². The summed E-state index contributed by atoms with van der Waals surface area (Å²) in [5, 5.41) is 2.68. The minimum absolute atomic E-state index is 0.774. The Balaban J connectivity index is 0.000000219. The number of benzene rings is 1. The lowest BCUT2D eigenvalue weighted by atomic mass is 10.1. The Kier molecular flexibility index (Phi) is 8.76. The first-order valence-electron chi connectivity index (χ1n) is 8.07. The van der Waals surface area contributed by atoms with Gasteiger partial charge in [0, 0.05) is 6.54 Å². The fourth-order valence-electron chi connectivity index (χ4n) is 2.54. The van der Waals surface area contributed by atoms with Crippen molar-refractivity contribution in [2.45, 2.75) is 46.5 Å². The molecule has 1 N–H and O–H groups in total. The highest BCUT2D eigenvalue weighted by Crippen LogP contribution is 2.10. The third-order valence-electron chi connectivity index (χ3n) is 4.20. The van der Waals surface area contributed by atoms with Crippen molar-refractivity contribution in [3.05, 3.63) is 34.9 Å². The summed E-state index contributed by atoms with van der Waals surface area (Å²) in [7, 11) is 0. The monoisotopic (exact) mass is 290 g/mol. The van der Waals surface area contributed by atoms with Gasteiger partial charge in [-0.25, -0.2) is 0 Å². The van der Waals surface area contributed by atoms with Gasteiger partial charge >= 0.3 is 0 Å². The summed E-state index contributed by atoms with van der Waals surface area (Å²) in [5.41, 5.74) is 4.18. The zero-order chi connectivity index (χ0) is 15.5. The Morgan fingerprint density at radius 1 is 1.10 bits per heavy atom. The van der Waals surface area contributed by atoms with Gasteiger partial charge in [-0.3, -0.25) is 4.79 Å². The molecule has 1 aliphatic rings. The molecule has 0 aliphatic carbocycles. The van der Waals surface area contributed by atoms with Crippen LogP contribution in [0.5, 0.6) is 0 Å². The van der Waals surface area contributed by atoms with E-state index in [9.17, 15) is 4.79 Å². The highest BCUT2D eigenvalue weighted by molar-refractivity contribution is 5.45. The van der Waals surface area contributed by atoms with Gasteiger partial charge in [-0.2, -0.15) is 0 Å². The van der Waals surface area contributed by atoms with Crippen molar-refractivity contribution in [1.82, 2.24) is 10.2 Å². The number of nitrogens with one attached hydrogen (secondary N) is 1. The molecule has 21 heavy (non-hydrogen) atoms. The number of carbonyl (C=O) groups is 1. The van der Waals surface area contributed by atoms with Crippen molar-refractivity contribution < 1.29 is 4.79 Å². The van der Waals surface area contributed by atoms with E-state index in [1.165, 1.54) is 49.0 Å². The number of piperidine rings is 1. The van der Waals surface area contributed by atoms with Gasteiger partial charge in [0.25, 0.3) is 0 Å². The van der Waals surface area contributed by atoms with Gasteiger partial charge < -0.3 is 10.2 Å². The molecule has 0 saturated carbocycles. The Morgan fingerprint density at radius 2 is 1.71 bits per heavy atom. The maximum Gasteiger partial charge on any atom is 0.207 e. The van der Waals surface area contributed by atoms with Crippen molar-refractivity contribution in [2.75, 3.05) is 26.2 Å². The Morgan fingerprint density at radius 3 is 2.24 bits per heavy atom. The predicted octanol–water partition coefficient (Wildman–Crippen LogP) is 3.22. The van der Waals surface area contributed by atoms with Gasteiger partial charge in [-0.15, -0.1) is 0 Å². The summed E-state index contributed by atoms with van der Waals surface area (Å²) in [5.74, 6) is 0. The summed E-state index contributed by atoms with van der Waals surface area (Å²) in [6.45, 7) is 10.9. The third kappa shape index (κ3) is 7.28. The first kappa shape index (κ1) is 17.7. The summed E-state index contributed by atoms with van der Waals surface area (Å²) in [6, 6.07) is 6.38. The standard InChI is InChI=1S/C9H18N2O.C9H12/c12-9-10-5-4-8-11-6-2-1-3-7-11;1-7-5-4-6-8(2)9(7)3/h9H,1-8H2,(H,10,12);4-6H,1-3H3. The molecule has 0 spiro atoms. The Hall–Kier alpha value is -1.35. The van der Waals surface area contributed by atoms with E-state index in [2.05, 4.69) is 49.2 Å². The lowest BCUT2D eigenvalue weighted by molar-refractivity contribution is -0.109. The molecule has 1 heterocycles. The Labute approximate surface area is 129 Å². The number of carbonyl (C=O) groups excluding carboxylic acids is 1. The minimum atomic E-state index is 0.774. The molecule has 0 unspecified atom stereocenters. The van der Waals surface area contributed by atoms with E-state index in [0.29, 0.717) is 0 Å². The molecule has 3 nitrogen and oxygen atoms in total. The van der Waals surface area contributed by atoms with E-state index < -0.39 is 0 Å². The van der Waals surface area contributed by atoms with Crippen molar-refractivity contribution >= 4 is 6.41 Å². The number of hydrogen-bond donors (Lipinski definition) is 1. The molecule has 1 aromatic rings. The zero-order valence-corrected chi connectivity index (χ0v) is 13.8. The van der Waals surface area contributed by atoms with Gasteiger partial charge in [-0.05, 0) is 76.4 Å². The molecule has 0 bridgehead atoms. The average molecular weight is 290 g/mol. The van der Waals surface area contributed by atoms with Crippen LogP contribution in [0.2, 0.25) is 0 Å². The maximum absolute atomic E-state index is 9.93. The second-order valence-electron chi connectivity index (χ2n) is 5.84. The van der Waals surface area contributed by atoms with E-state index in [1.54, 1.807) is 0 Å². The molecular weight excluding hydrogens is 260 g/mol. The smallest absolute Gasteiger partial charge is 0.207 e. The van der Waals surface area contributed by atoms with Crippen LogP contribution in [-0.4, -0.2) is 37.5 Å². The topological polar surface area (TPSA) is 32.3 Å². The van der Waals surface area contributed by atoms with Gasteiger partial charge in [-0.1, -0.05) is 24.6 Å². The molecule has 1 fully saturated rings. The number of hydrogen-bond acceptors (Lipinski definition) is 2. The van der Waals surface area contributed by atoms with Crippen LogP contribution < -0.4 is 5.32 Å². The number of nitrogens with zero attached hydrogens (tertiary/aromatic N) is 1. The summed E-state index contributed by atoms with van der Waals surface area (Å²) < 4.78 is 0. The number of amides is 1. The van der Waals surface area contributed by atoms with Crippen molar-refractivity contribution in [1.29, 1.82) is 0 Å². The number of aryl methyl sites for hydroxylation is 2. The predicted molar refractivity (Wildman–Crippen MR) is 89.6 cm³/mol. The molecule has 0 aromatic heterocycles. The molecule has 1 aliphatic heterocycles. The second-order valence-corrected chi connectivity index (χ2v) is 5.84. The first-order chi connectivity index (χ1) is 10.1. The summed E-state index contributed by atoms with van der Waals surface area (Å²) in [6.07, 6.45) is 5.94. The second kappa shape index (κ2) is 10.4. The normalized spacial score (nSPS) is 15.0. The number of likely N-dealkylation sites (tertiary alicyclic amines) is 1. The SMILES string of the molecule is Cc1cccc(C)c1C.O=CNCCCN1CCCCC1. The molecular formula is C18H30N2O. The lowest BCUT2D eigenvalue weighted by Gasteiger charge is -2.26. The zero-order valence-electron chi connectivity index (χ0n) is 13.8. The van der Waals surface area contributed by atoms with Crippen LogP contribution in [0.3, 0.4) is 0 Å². The molecule has 3 heteroatoms. The molecule has 1 aromatic carbocycles. The van der Waals surface area contributed by atoms with Crippen LogP contribution in [0, 0.1) is 20.8 Å². The van der Waals surface area contributed by atoms with Crippen molar-refractivity contribution in [3.63, 3.8) is 0 Å². The molecule has 2 rings (SSSR count). The highest BCUT2D eigenvalue weighted by atomic mass is 16.1. The lowest BCUT2D eigenvalue weighted by Crippen LogP contribution is -2.32. The van der Waals surface area contributed by atoms with Crippen LogP contribution in [0.15, 0.2) is 18.2 Å². The van der Waals surface area contributed by atoms with Gasteiger partial charge in [0.1, 0.15) is 0 Å². The van der Waals surface area contributed by atoms with Crippen LogP contribution >= 0.6 is 0 Å². The molecule has 0 radical (unpaired) electrons. The van der Waals surface area contributed by atoms with E-state index >= 15 is 0 Å². The van der Waals surface area contributed by atoms with Gasteiger partial charge in [0.15, 0.2) is 0 Å². The molecule has 1 amide bonds. The Bertz CT molecular complexity index is 391. The van der Waals surface area contributed by atoms with Crippen LogP contribution in [-0.2, 0) is 4.79 Å². The van der Waals surface area contributed by atoms with E-state index in [4.69, 9.17) is 0 Å². The van der Waals surface area contributed by atoms with Crippen LogP contribution in [0.25, 0.3) is 0 Å². The minimum Gasteiger partial charge on any atom is -0.359 e. The van der Waals surface area contributed by atoms with E-state index in [1.807, 2.05) is 0 Å². The van der Waals surface area contributed by atoms with Crippen molar-refractivity contribution in [3.8, 4) is 0 Å². The van der Waals surface area contributed by atoms with E-state index in [0.717, 1.165) is 25.9 Å². The number of rotatable bonds is 5. The average Bonchev–Trinajstić information content (AvgIpc) is 2.51. The molecule has 118 valence electrons. The van der Waals surface area contributed by atoms with E-state index in [-0.39, 0.29) is 0 Å². The summed E-state index contributed by atoms with van der Waals surface area (Å²) in [4.78, 5) is 12.4. The van der Waals surface area contributed by atoms with Crippen LogP contribution in [0.4, 0.5) is 0 Å². The van der Waals surface area contributed by atoms with Crippen molar-refractivity contribution in [2.24, 2.45) is 0 Å². The largest absolute Gasteiger partial charge is 0.359 e.